The van der Waals surface area contributed by atoms with Crippen LogP contribution in [0.3, 0.4) is 0 Å². The maximum absolute atomic E-state index is 14.3. The molecule has 2 aliphatic rings. The number of amides is 1. The van der Waals surface area contributed by atoms with Crippen LogP contribution in [0.25, 0.3) is 5.57 Å². The summed E-state index contributed by atoms with van der Waals surface area (Å²) in [6.07, 6.45) is 6.01. The van der Waals surface area contributed by atoms with Crippen LogP contribution in [0.1, 0.15) is 42.4 Å². The number of hydrogen-bond acceptors (Lipinski definition) is 3. The number of hydrogen-bond donors (Lipinski definition) is 1. The van der Waals surface area contributed by atoms with E-state index in [0.717, 1.165) is 75.1 Å². The van der Waals surface area contributed by atoms with E-state index in [-0.39, 0.29) is 5.91 Å². The van der Waals surface area contributed by atoms with Crippen LogP contribution in [0.15, 0.2) is 91.0 Å². The molecule has 35 heavy (non-hydrogen) atoms. The molecule has 3 aromatic rings. The quantitative estimate of drug-likeness (QED) is 0.501. The van der Waals surface area contributed by atoms with E-state index < -0.39 is 5.41 Å². The topological polar surface area (TPSA) is 43.8 Å². The molecule has 2 heterocycles. The maximum Gasteiger partial charge on any atom is 0.237 e. The zero-order valence-corrected chi connectivity index (χ0v) is 20.3. The van der Waals surface area contributed by atoms with Gasteiger partial charge in [0, 0.05) is 38.3 Å². The highest BCUT2D eigenvalue weighted by Crippen LogP contribution is 2.39. The van der Waals surface area contributed by atoms with E-state index in [1.165, 1.54) is 5.57 Å². The highest BCUT2D eigenvalue weighted by molar-refractivity contribution is 5.92. The zero-order chi connectivity index (χ0) is 24.1. The summed E-state index contributed by atoms with van der Waals surface area (Å²) in [7, 11) is 0. The molecule has 0 unspecified atom stereocenters. The minimum Gasteiger partial charge on any atom is -0.507 e. The van der Waals surface area contributed by atoms with E-state index in [1.807, 2.05) is 54.6 Å². The second kappa shape index (κ2) is 10.5. The van der Waals surface area contributed by atoms with Gasteiger partial charge in [0.2, 0.25) is 5.91 Å². The van der Waals surface area contributed by atoms with Crippen LogP contribution in [-0.2, 0) is 10.2 Å². The molecule has 0 saturated carbocycles. The smallest absolute Gasteiger partial charge is 0.237 e. The minimum atomic E-state index is -0.700. The number of likely N-dealkylation sites (tertiary alicyclic amines) is 1. The Hall–Kier alpha value is -3.37. The van der Waals surface area contributed by atoms with Gasteiger partial charge in [-0.3, -0.25) is 9.69 Å². The molecule has 1 N–H and O–H groups in total. The summed E-state index contributed by atoms with van der Waals surface area (Å²) in [4.78, 5) is 18.8. The first-order valence-corrected chi connectivity index (χ1v) is 12.8. The number of para-hydroxylation sites is 1. The number of benzene rings is 3. The summed E-state index contributed by atoms with van der Waals surface area (Å²) in [6.45, 7) is 4.25. The molecule has 0 radical (unpaired) electrons. The predicted octanol–water partition coefficient (Wildman–Crippen LogP) is 5.48. The Morgan fingerprint density at radius 2 is 1.40 bits per heavy atom. The summed E-state index contributed by atoms with van der Waals surface area (Å²) in [5.74, 6) is 0.574. The Balaban J connectivity index is 1.44. The number of carbonyl (C=O) groups is 1. The van der Waals surface area contributed by atoms with Gasteiger partial charge in [0.25, 0.3) is 0 Å². The molecule has 2 aliphatic heterocycles. The highest BCUT2D eigenvalue weighted by atomic mass is 16.3. The van der Waals surface area contributed by atoms with Crippen molar-refractivity contribution in [3.63, 3.8) is 0 Å². The largest absolute Gasteiger partial charge is 0.507 e. The predicted molar refractivity (Wildman–Crippen MR) is 141 cm³/mol. The Morgan fingerprint density at radius 3 is 1.97 bits per heavy atom. The van der Waals surface area contributed by atoms with Crippen LogP contribution in [-0.4, -0.2) is 53.5 Å². The van der Waals surface area contributed by atoms with Crippen molar-refractivity contribution in [1.29, 1.82) is 0 Å². The first-order valence-electron chi connectivity index (χ1n) is 12.8. The summed E-state index contributed by atoms with van der Waals surface area (Å²) in [5.41, 5.74) is 3.58. The fourth-order valence-corrected chi connectivity index (χ4v) is 5.67. The molecule has 180 valence electrons. The van der Waals surface area contributed by atoms with Crippen molar-refractivity contribution in [3.8, 4) is 5.75 Å². The van der Waals surface area contributed by atoms with Gasteiger partial charge in [-0.1, -0.05) is 84.9 Å². The number of aromatic hydroxyl groups is 1. The lowest BCUT2D eigenvalue weighted by Crippen LogP contribution is -2.48. The average molecular weight is 467 g/mol. The molecule has 3 aromatic carbocycles. The second-order valence-corrected chi connectivity index (χ2v) is 9.68. The van der Waals surface area contributed by atoms with Gasteiger partial charge in [-0.05, 0) is 48.4 Å². The van der Waals surface area contributed by atoms with Crippen molar-refractivity contribution < 1.29 is 9.90 Å². The SMILES string of the molecule is O=C(N1CCCC1)C(CCN1CC=C(c2ccccc2O)CC1)(c1ccccc1)c1ccccc1. The van der Waals surface area contributed by atoms with Gasteiger partial charge < -0.3 is 10.0 Å². The molecule has 4 heteroatoms. The molecular weight excluding hydrogens is 432 g/mol. The summed E-state index contributed by atoms with van der Waals surface area (Å²) in [5, 5.41) is 10.3. The zero-order valence-electron chi connectivity index (χ0n) is 20.3. The molecule has 5 rings (SSSR count). The van der Waals surface area contributed by atoms with Crippen molar-refractivity contribution >= 4 is 11.5 Å². The Bertz CT molecular complexity index is 1130. The van der Waals surface area contributed by atoms with Crippen molar-refractivity contribution in [1.82, 2.24) is 9.80 Å². The average Bonchev–Trinajstić information content (AvgIpc) is 3.46. The van der Waals surface area contributed by atoms with Crippen LogP contribution < -0.4 is 0 Å². The Morgan fingerprint density at radius 1 is 0.800 bits per heavy atom. The van der Waals surface area contributed by atoms with E-state index in [0.29, 0.717) is 5.75 Å². The number of phenols is 1. The molecule has 4 nitrogen and oxygen atoms in total. The van der Waals surface area contributed by atoms with E-state index in [2.05, 4.69) is 40.1 Å². The molecule has 1 fully saturated rings. The number of rotatable bonds is 7. The van der Waals surface area contributed by atoms with Crippen LogP contribution in [0.2, 0.25) is 0 Å². The molecule has 0 bridgehead atoms. The summed E-state index contributed by atoms with van der Waals surface area (Å²) < 4.78 is 0. The van der Waals surface area contributed by atoms with Gasteiger partial charge in [-0.25, -0.2) is 0 Å². The second-order valence-electron chi connectivity index (χ2n) is 9.68. The van der Waals surface area contributed by atoms with Gasteiger partial charge in [-0.2, -0.15) is 0 Å². The lowest BCUT2D eigenvalue weighted by atomic mass is 9.70. The fourth-order valence-electron chi connectivity index (χ4n) is 5.67. The van der Waals surface area contributed by atoms with Crippen molar-refractivity contribution in [2.75, 3.05) is 32.7 Å². The number of carbonyl (C=O) groups excluding carboxylic acids is 1. The van der Waals surface area contributed by atoms with Crippen LogP contribution >= 0.6 is 0 Å². The highest BCUT2D eigenvalue weighted by Gasteiger charge is 2.44. The molecule has 0 spiro atoms. The van der Waals surface area contributed by atoms with Crippen LogP contribution in [0.5, 0.6) is 5.75 Å². The van der Waals surface area contributed by atoms with Gasteiger partial charge in [0.05, 0.1) is 0 Å². The van der Waals surface area contributed by atoms with Gasteiger partial charge in [0.15, 0.2) is 0 Å². The number of nitrogens with zero attached hydrogens (tertiary/aromatic N) is 2. The first-order chi connectivity index (χ1) is 17.2. The van der Waals surface area contributed by atoms with Gasteiger partial charge in [-0.15, -0.1) is 0 Å². The molecule has 1 amide bonds. The summed E-state index contributed by atoms with van der Waals surface area (Å²) in [6, 6.07) is 28.3. The first kappa shape index (κ1) is 23.4. The van der Waals surface area contributed by atoms with Crippen LogP contribution in [0, 0.1) is 0 Å². The molecule has 0 aromatic heterocycles. The standard InChI is InChI=1S/C31H34N2O2/c34-29-16-8-7-15-28(29)25-17-22-32(23-18-25)24-19-31(26-11-3-1-4-12-26,27-13-5-2-6-14-27)30(35)33-20-9-10-21-33/h1-8,11-17,34H,9-10,18-24H2. The van der Waals surface area contributed by atoms with E-state index in [9.17, 15) is 9.90 Å². The van der Waals surface area contributed by atoms with Gasteiger partial charge >= 0.3 is 0 Å². The molecular formula is C31H34N2O2. The lowest BCUT2D eigenvalue weighted by molar-refractivity contribution is -0.135. The Kier molecular flexibility index (Phi) is 7.01. The van der Waals surface area contributed by atoms with Crippen molar-refractivity contribution in [3.05, 3.63) is 108 Å². The number of phenolic OH excluding ortho intramolecular Hbond substituents is 1. The van der Waals surface area contributed by atoms with Crippen molar-refractivity contribution in [2.24, 2.45) is 0 Å². The third kappa shape index (κ3) is 4.76. The normalized spacial score (nSPS) is 16.8. The maximum atomic E-state index is 14.3. The third-order valence-electron chi connectivity index (χ3n) is 7.64. The van der Waals surface area contributed by atoms with E-state index in [1.54, 1.807) is 6.07 Å². The summed E-state index contributed by atoms with van der Waals surface area (Å²) >= 11 is 0. The molecule has 0 atom stereocenters. The molecule has 1 saturated heterocycles. The Labute approximate surface area is 208 Å². The van der Waals surface area contributed by atoms with Crippen molar-refractivity contribution in [2.45, 2.75) is 31.1 Å². The van der Waals surface area contributed by atoms with E-state index in [4.69, 9.17) is 0 Å². The molecule has 0 aliphatic carbocycles. The van der Waals surface area contributed by atoms with E-state index >= 15 is 0 Å². The third-order valence-corrected chi connectivity index (χ3v) is 7.64. The fraction of sp³-hybridized carbons (Fsp3) is 0.323. The monoisotopic (exact) mass is 466 g/mol. The lowest BCUT2D eigenvalue weighted by Gasteiger charge is -2.39. The minimum absolute atomic E-state index is 0.231. The van der Waals surface area contributed by atoms with Crippen LogP contribution in [0.4, 0.5) is 0 Å². The van der Waals surface area contributed by atoms with Gasteiger partial charge in [0.1, 0.15) is 11.2 Å².